The topological polar surface area (TPSA) is 75.7 Å². The van der Waals surface area contributed by atoms with Crippen molar-refractivity contribution in [3.8, 4) is 0 Å². The smallest absolute Gasteiger partial charge is 0.311 e. The first-order valence-electron chi connectivity index (χ1n) is 8.56. The molecule has 1 unspecified atom stereocenters. The molecule has 6 nitrogen and oxygen atoms in total. The molecule has 140 valence electrons. The Morgan fingerprint density at radius 1 is 1.11 bits per heavy atom. The van der Waals surface area contributed by atoms with Gasteiger partial charge in [-0.25, -0.2) is 4.39 Å². The average Bonchev–Trinajstić information content (AvgIpc) is 3.07. The summed E-state index contributed by atoms with van der Waals surface area (Å²) in [5.74, 6) is -2.29. The van der Waals surface area contributed by atoms with Crippen LogP contribution in [0.15, 0.2) is 54.6 Å². The number of nitrogens with zero attached hydrogens (tertiary/aromatic N) is 1. The number of halogens is 1. The fourth-order valence-corrected chi connectivity index (χ4v) is 2.84. The first kappa shape index (κ1) is 18.6. The van der Waals surface area contributed by atoms with E-state index in [-0.39, 0.29) is 18.9 Å². The van der Waals surface area contributed by atoms with E-state index in [0.717, 1.165) is 5.56 Å². The lowest BCUT2D eigenvalue weighted by Gasteiger charge is -2.16. The summed E-state index contributed by atoms with van der Waals surface area (Å²) in [6.45, 7) is 0.0965. The second kappa shape index (κ2) is 8.44. The number of carbonyl (C=O) groups excluding carboxylic acids is 3. The highest BCUT2D eigenvalue weighted by molar-refractivity contribution is 5.99. The van der Waals surface area contributed by atoms with Crippen molar-refractivity contribution in [2.75, 3.05) is 18.1 Å². The zero-order chi connectivity index (χ0) is 19.2. The molecular weight excluding hydrogens is 351 g/mol. The quantitative estimate of drug-likeness (QED) is 0.790. The molecule has 2 aromatic rings. The Kier molecular flexibility index (Phi) is 5.80. The van der Waals surface area contributed by atoms with Crippen molar-refractivity contribution in [2.24, 2.45) is 5.92 Å². The number of hydrogen-bond donors (Lipinski definition) is 1. The average molecular weight is 370 g/mol. The summed E-state index contributed by atoms with van der Waals surface area (Å²) in [5, 5.41) is 2.66. The lowest BCUT2D eigenvalue weighted by Crippen LogP contribution is -2.31. The van der Waals surface area contributed by atoms with E-state index >= 15 is 0 Å². The van der Waals surface area contributed by atoms with E-state index in [9.17, 15) is 18.8 Å². The van der Waals surface area contributed by atoms with Crippen LogP contribution in [0.2, 0.25) is 0 Å². The number of hydrogen-bond acceptors (Lipinski definition) is 4. The van der Waals surface area contributed by atoms with Gasteiger partial charge in [-0.15, -0.1) is 0 Å². The Morgan fingerprint density at radius 3 is 2.52 bits per heavy atom. The maximum Gasteiger partial charge on any atom is 0.311 e. The summed E-state index contributed by atoms with van der Waals surface area (Å²) >= 11 is 0. The third kappa shape index (κ3) is 4.91. The van der Waals surface area contributed by atoms with E-state index in [2.05, 4.69) is 5.32 Å². The first-order chi connectivity index (χ1) is 13.0. The Balaban J connectivity index is 1.46. The van der Waals surface area contributed by atoms with Crippen LogP contribution >= 0.6 is 0 Å². The Morgan fingerprint density at radius 2 is 1.81 bits per heavy atom. The molecule has 0 radical (unpaired) electrons. The zero-order valence-electron chi connectivity index (χ0n) is 14.6. The van der Waals surface area contributed by atoms with Crippen molar-refractivity contribution in [1.82, 2.24) is 5.32 Å². The second-order valence-electron chi connectivity index (χ2n) is 6.25. The molecule has 0 aromatic heterocycles. The lowest BCUT2D eigenvalue weighted by atomic mass is 10.1. The van der Waals surface area contributed by atoms with E-state index in [1.165, 1.54) is 29.2 Å². The summed E-state index contributed by atoms with van der Waals surface area (Å²) in [6, 6.07) is 14.8. The van der Waals surface area contributed by atoms with Crippen LogP contribution in [0.1, 0.15) is 12.0 Å². The largest absolute Gasteiger partial charge is 0.455 e. The predicted octanol–water partition coefficient (Wildman–Crippen LogP) is 2.04. The van der Waals surface area contributed by atoms with Gasteiger partial charge in [0.2, 0.25) is 5.91 Å². The monoisotopic (exact) mass is 370 g/mol. The summed E-state index contributed by atoms with van der Waals surface area (Å²) in [7, 11) is 0. The fraction of sp³-hybridized carbons (Fsp3) is 0.250. The highest BCUT2D eigenvalue weighted by atomic mass is 19.1. The van der Waals surface area contributed by atoms with Crippen LogP contribution < -0.4 is 10.2 Å². The molecule has 0 aliphatic carbocycles. The zero-order valence-corrected chi connectivity index (χ0v) is 14.6. The van der Waals surface area contributed by atoms with E-state index in [0.29, 0.717) is 12.2 Å². The second-order valence-corrected chi connectivity index (χ2v) is 6.25. The highest BCUT2D eigenvalue weighted by Crippen LogP contribution is 2.26. The molecule has 1 aliphatic rings. The van der Waals surface area contributed by atoms with Crippen molar-refractivity contribution in [3.63, 3.8) is 0 Å². The standard InChI is InChI=1S/C20H19FN2O4/c21-16-6-8-17(9-7-16)23-12-15(10-19(23)25)20(26)27-13-18(24)22-11-14-4-2-1-3-5-14/h1-9,15H,10-13H2,(H,22,24). The number of amides is 2. The van der Waals surface area contributed by atoms with Crippen LogP contribution in [-0.2, 0) is 25.7 Å². The molecule has 1 saturated heterocycles. The number of anilines is 1. The molecule has 0 spiro atoms. The van der Waals surface area contributed by atoms with Crippen LogP contribution in [0.5, 0.6) is 0 Å². The Hall–Kier alpha value is -3.22. The molecule has 3 rings (SSSR count). The SMILES string of the molecule is O=C(COC(=O)C1CC(=O)N(c2ccc(F)cc2)C1)NCc1ccccc1. The molecule has 1 atom stereocenters. The molecule has 27 heavy (non-hydrogen) atoms. The van der Waals surface area contributed by atoms with Gasteiger partial charge in [0.15, 0.2) is 6.61 Å². The molecule has 1 heterocycles. The minimum Gasteiger partial charge on any atom is -0.455 e. The minimum absolute atomic E-state index is 0.00183. The first-order valence-corrected chi connectivity index (χ1v) is 8.56. The molecule has 7 heteroatoms. The minimum atomic E-state index is -0.649. The molecule has 2 amide bonds. The summed E-state index contributed by atoms with van der Waals surface area (Å²) < 4.78 is 18.0. The molecular formula is C20H19FN2O4. The molecule has 2 aromatic carbocycles. The van der Waals surface area contributed by atoms with Crippen molar-refractivity contribution in [3.05, 3.63) is 66.0 Å². The molecule has 1 N–H and O–H groups in total. The van der Waals surface area contributed by atoms with Crippen molar-refractivity contribution >= 4 is 23.5 Å². The molecule has 1 fully saturated rings. The van der Waals surface area contributed by atoms with Gasteiger partial charge in [0, 0.05) is 25.2 Å². The number of rotatable bonds is 6. The van der Waals surface area contributed by atoms with Gasteiger partial charge in [-0.3, -0.25) is 14.4 Å². The molecule has 0 saturated carbocycles. The van der Waals surface area contributed by atoms with E-state index in [4.69, 9.17) is 4.74 Å². The van der Waals surface area contributed by atoms with Crippen LogP contribution in [0.3, 0.4) is 0 Å². The third-order valence-electron chi connectivity index (χ3n) is 4.27. The maximum atomic E-state index is 13.0. The van der Waals surface area contributed by atoms with Gasteiger partial charge in [-0.2, -0.15) is 0 Å². The highest BCUT2D eigenvalue weighted by Gasteiger charge is 2.36. The maximum absolute atomic E-state index is 13.0. The van der Waals surface area contributed by atoms with Crippen LogP contribution in [0.25, 0.3) is 0 Å². The van der Waals surface area contributed by atoms with E-state index in [1.807, 2.05) is 30.3 Å². The number of nitrogens with one attached hydrogen (secondary N) is 1. The molecule has 1 aliphatic heterocycles. The van der Waals surface area contributed by atoms with Gasteiger partial charge >= 0.3 is 5.97 Å². The van der Waals surface area contributed by atoms with Crippen LogP contribution in [-0.4, -0.2) is 30.9 Å². The van der Waals surface area contributed by atoms with Gasteiger partial charge in [-0.05, 0) is 29.8 Å². The lowest BCUT2D eigenvalue weighted by molar-refractivity contribution is -0.152. The van der Waals surface area contributed by atoms with Crippen LogP contribution in [0, 0.1) is 11.7 Å². The Bertz CT molecular complexity index is 824. The van der Waals surface area contributed by atoms with E-state index in [1.54, 1.807) is 0 Å². The number of benzene rings is 2. The van der Waals surface area contributed by atoms with Crippen LogP contribution in [0.4, 0.5) is 10.1 Å². The predicted molar refractivity (Wildman–Crippen MR) is 96.1 cm³/mol. The van der Waals surface area contributed by atoms with Crippen molar-refractivity contribution < 1.29 is 23.5 Å². The van der Waals surface area contributed by atoms with Gasteiger partial charge in [0.25, 0.3) is 5.91 Å². The van der Waals surface area contributed by atoms with Gasteiger partial charge in [-0.1, -0.05) is 30.3 Å². The third-order valence-corrected chi connectivity index (χ3v) is 4.27. The summed E-state index contributed by atoms with van der Waals surface area (Å²) in [6.07, 6.45) is 0.00183. The number of carbonyl (C=O) groups is 3. The normalized spacial score (nSPS) is 16.3. The van der Waals surface area contributed by atoms with Gasteiger partial charge in [0.05, 0.1) is 5.92 Å². The Labute approximate surface area is 155 Å². The summed E-state index contributed by atoms with van der Waals surface area (Å²) in [5.41, 5.74) is 1.46. The number of ether oxygens (including phenoxy) is 1. The fourth-order valence-electron chi connectivity index (χ4n) is 2.84. The number of esters is 1. The van der Waals surface area contributed by atoms with Crippen molar-refractivity contribution in [1.29, 1.82) is 0 Å². The van der Waals surface area contributed by atoms with Gasteiger partial charge < -0.3 is 15.0 Å². The summed E-state index contributed by atoms with van der Waals surface area (Å²) in [4.78, 5) is 37.5. The molecule has 0 bridgehead atoms. The van der Waals surface area contributed by atoms with E-state index < -0.39 is 30.2 Å². The van der Waals surface area contributed by atoms with Crippen molar-refractivity contribution in [2.45, 2.75) is 13.0 Å². The van der Waals surface area contributed by atoms with Gasteiger partial charge in [0.1, 0.15) is 5.82 Å².